The second-order valence-electron chi connectivity index (χ2n) is 8.80. The Morgan fingerprint density at radius 2 is 1.58 bits per heavy atom. The molecular formula is C21H30F3N3O3S. The number of alkyl halides is 3. The molecule has 1 amide bonds. The number of halogens is 3. The second-order valence-corrected chi connectivity index (χ2v) is 10.7. The number of nitrogens with zero attached hydrogens (tertiary/aromatic N) is 3. The molecule has 31 heavy (non-hydrogen) atoms. The smallest absolute Gasteiger partial charge is 0.341 e. The zero-order chi connectivity index (χ0) is 23.0. The predicted molar refractivity (Wildman–Crippen MR) is 111 cm³/mol. The number of rotatable bonds is 4. The number of benzene rings is 1. The highest BCUT2D eigenvalue weighted by Crippen LogP contribution is 2.35. The normalized spacial score (nSPS) is 25.4. The minimum Gasteiger partial charge on any atom is -0.341 e. The van der Waals surface area contributed by atoms with Crippen LogP contribution in [0.1, 0.15) is 32.8 Å². The first-order valence-corrected chi connectivity index (χ1v) is 12.0. The third-order valence-corrected chi connectivity index (χ3v) is 8.13. The maximum atomic E-state index is 13.3. The Hall–Kier alpha value is -1.65. The van der Waals surface area contributed by atoms with Crippen molar-refractivity contribution in [3.05, 3.63) is 29.8 Å². The summed E-state index contributed by atoms with van der Waals surface area (Å²) in [6, 6.07) is 3.85. The van der Waals surface area contributed by atoms with Crippen molar-refractivity contribution in [1.82, 2.24) is 14.1 Å². The highest BCUT2D eigenvalue weighted by Gasteiger charge is 2.40. The summed E-state index contributed by atoms with van der Waals surface area (Å²) in [5.74, 6) is 0.906. The van der Waals surface area contributed by atoms with Gasteiger partial charge in [0.15, 0.2) is 0 Å². The number of hydrogen-bond acceptors (Lipinski definition) is 4. The number of hydrogen-bond donors (Lipinski definition) is 0. The van der Waals surface area contributed by atoms with Crippen molar-refractivity contribution in [2.75, 3.05) is 39.3 Å². The molecule has 3 atom stereocenters. The van der Waals surface area contributed by atoms with Gasteiger partial charge in [-0.3, -0.25) is 9.69 Å². The van der Waals surface area contributed by atoms with Crippen LogP contribution in [0.15, 0.2) is 29.2 Å². The quantitative estimate of drug-likeness (QED) is 0.692. The highest BCUT2D eigenvalue weighted by molar-refractivity contribution is 7.89. The van der Waals surface area contributed by atoms with Crippen molar-refractivity contribution in [3.8, 4) is 0 Å². The van der Waals surface area contributed by atoms with Crippen LogP contribution >= 0.6 is 0 Å². The monoisotopic (exact) mass is 461 g/mol. The number of carbonyl (C=O) groups is 1. The van der Waals surface area contributed by atoms with Crippen LogP contribution in [0.2, 0.25) is 0 Å². The van der Waals surface area contributed by atoms with Crippen LogP contribution in [-0.2, 0) is 21.0 Å². The van der Waals surface area contributed by atoms with Crippen LogP contribution in [-0.4, -0.2) is 73.7 Å². The number of amides is 1. The molecule has 2 fully saturated rings. The van der Waals surface area contributed by atoms with Crippen LogP contribution in [0.5, 0.6) is 0 Å². The van der Waals surface area contributed by atoms with Gasteiger partial charge in [-0.1, -0.05) is 26.0 Å². The summed E-state index contributed by atoms with van der Waals surface area (Å²) in [6.45, 7) is 8.17. The molecule has 3 unspecified atom stereocenters. The molecule has 3 rings (SSSR count). The molecule has 0 spiro atoms. The topological polar surface area (TPSA) is 60.9 Å². The molecule has 0 bridgehead atoms. The fourth-order valence-corrected chi connectivity index (χ4v) is 6.29. The number of sulfonamides is 1. The van der Waals surface area contributed by atoms with Gasteiger partial charge in [-0.05, 0) is 37.3 Å². The molecule has 0 aromatic heterocycles. The van der Waals surface area contributed by atoms with Crippen molar-refractivity contribution in [2.24, 2.45) is 11.8 Å². The number of likely N-dealkylation sites (tertiary alicyclic amines) is 1. The third-order valence-electron chi connectivity index (χ3n) is 6.17. The standard InChI is InChI=1S/C21H30F3N3O3S/c1-15-12-16(2)14-26(13-15)20(28)17(3)25-8-10-27(11-9-25)31(29,30)19-7-5-4-6-18(19)21(22,23)24/h4-7,15-17H,8-14H2,1-3H3. The molecule has 2 aliphatic rings. The fourth-order valence-electron chi connectivity index (χ4n) is 4.66. The molecule has 10 heteroatoms. The molecule has 0 saturated carbocycles. The first-order valence-electron chi connectivity index (χ1n) is 10.6. The van der Waals surface area contributed by atoms with Crippen LogP contribution in [0.4, 0.5) is 13.2 Å². The molecule has 2 aliphatic heterocycles. The van der Waals surface area contributed by atoms with Gasteiger partial charge in [0, 0.05) is 39.3 Å². The van der Waals surface area contributed by atoms with Crippen LogP contribution in [0, 0.1) is 11.8 Å². The average molecular weight is 462 g/mol. The fraction of sp³-hybridized carbons (Fsp3) is 0.667. The van der Waals surface area contributed by atoms with E-state index in [4.69, 9.17) is 0 Å². The Bertz CT molecular complexity index is 889. The van der Waals surface area contributed by atoms with Gasteiger partial charge in [0.25, 0.3) is 0 Å². The van der Waals surface area contributed by atoms with Crippen LogP contribution < -0.4 is 0 Å². The summed E-state index contributed by atoms with van der Waals surface area (Å²) in [7, 11) is -4.29. The first-order chi connectivity index (χ1) is 14.4. The van der Waals surface area contributed by atoms with E-state index in [2.05, 4.69) is 13.8 Å². The van der Waals surface area contributed by atoms with E-state index >= 15 is 0 Å². The maximum Gasteiger partial charge on any atom is 0.417 e. The first kappa shape index (κ1) is 24.0. The summed E-state index contributed by atoms with van der Waals surface area (Å²) in [6.07, 6.45) is -3.66. The van der Waals surface area contributed by atoms with Gasteiger partial charge in [-0.2, -0.15) is 17.5 Å². The summed E-state index contributed by atoms with van der Waals surface area (Å²) < 4.78 is 66.8. The van der Waals surface area contributed by atoms with Gasteiger partial charge in [0.05, 0.1) is 16.5 Å². The van der Waals surface area contributed by atoms with Crippen molar-refractivity contribution in [1.29, 1.82) is 0 Å². The van der Waals surface area contributed by atoms with Gasteiger partial charge in [0.2, 0.25) is 15.9 Å². The Labute approximate surface area is 182 Å². The van der Waals surface area contributed by atoms with Gasteiger partial charge in [-0.25, -0.2) is 8.42 Å². The van der Waals surface area contributed by atoms with Gasteiger partial charge >= 0.3 is 6.18 Å². The highest BCUT2D eigenvalue weighted by atomic mass is 32.2. The van der Waals surface area contributed by atoms with Crippen LogP contribution in [0.25, 0.3) is 0 Å². The van der Waals surface area contributed by atoms with E-state index in [9.17, 15) is 26.4 Å². The minimum absolute atomic E-state index is 0.0251. The van der Waals surface area contributed by atoms with E-state index in [0.29, 0.717) is 24.9 Å². The molecule has 1 aromatic rings. The molecule has 174 valence electrons. The summed E-state index contributed by atoms with van der Waals surface area (Å²) in [5, 5.41) is 0. The van der Waals surface area contributed by atoms with Gasteiger partial charge in [-0.15, -0.1) is 0 Å². The lowest BCUT2D eigenvalue weighted by Gasteiger charge is -2.41. The Morgan fingerprint density at radius 3 is 2.13 bits per heavy atom. The molecule has 2 heterocycles. The molecule has 1 aromatic carbocycles. The van der Waals surface area contributed by atoms with E-state index in [1.165, 1.54) is 12.1 Å². The minimum atomic E-state index is -4.75. The van der Waals surface area contributed by atoms with Crippen molar-refractivity contribution in [2.45, 2.75) is 44.3 Å². The van der Waals surface area contributed by atoms with Crippen molar-refractivity contribution in [3.63, 3.8) is 0 Å². The summed E-state index contributed by atoms with van der Waals surface area (Å²) in [4.78, 5) is 16.0. The average Bonchev–Trinajstić information content (AvgIpc) is 2.71. The number of carbonyl (C=O) groups excluding carboxylic acids is 1. The lowest BCUT2D eigenvalue weighted by molar-refractivity contribution is -0.140. The van der Waals surface area contributed by atoms with E-state index in [0.717, 1.165) is 35.9 Å². The molecule has 2 saturated heterocycles. The zero-order valence-electron chi connectivity index (χ0n) is 18.1. The van der Waals surface area contributed by atoms with E-state index in [1.54, 1.807) is 0 Å². The lowest BCUT2D eigenvalue weighted by atomic mass is 9.91. The molecule has 0 radical (unpaired) electrons. The predicted octanol–water partition coefficient (Wildman–Crippen LogP) is 2.90. The maximum absolute atomic E-state index is 13.3. The van der Waals surface area contributed by atoms with Crippen LogP contribution in [0.3, 0.4) is 0 Å². The largest absolute Gasteiger partial charge is 0.417 e. The second kappa shape index (κ2) is 9.07. The summed E-state index contributed by atoms with van der Waals surface area (Å²) in [5.41, 5.74) is -1.16. The van der Waals surface area contributed by atoms with E-state index < -0.39 is 32.7 Å². The summed E-state index contributed by atoms with van der Waals surface area (Å²) >= 11 is 0. The van der Waals surface area contributed by atoms with Gasteiger partial charge < -0.3 is 4.90 Å². The van der Waals surface area contributed by atoms with Crippen molar-refractivity contribution < 1.29 is 26.4 Å². The number of piperidine rings is 1. The Kier molecular flexibility index (Phi) is 7.02. The van der Waals surface area contributed by atoms with Gasteiger partial charge in [0.1, 0.15) is 0 Å². The Morgan fingerprint density at radius 1 is 1.03 bits per heavy atom. The molecule has 0 aliphatic carbocycles. The lowest BCUT2D eigenvalue weighted by Crippen LogP contribution is -2.56. The molecular weight excluding hydrogens is 431 g/mol. The van der Waals surface area contributed by atoms with E-state index in [-0.39, 0.29) is 19.0 Å². The van der Waals surface area contributed by atoms with Crippen molar-refractivity contribution >= 4 is 15.9 Å². The Balaban J connectivity index is 1.67. The molecule has 0 N–H and O–H groups in total. The number of piperazine rings is 1. The molecule has 6 nitrogen and oxygen atoms in total. The zero-order valence-corrected chi connectivity index (χ0v) is 18.9. The third kappa shape index (κ3) is 5.23. The SMILES string of the molecule is CC1CC(C)CN(C(=O)C(C)N2CCN(S(=O)(=O)c3ccccc3C(F)(F)F)CC2)C1. The van der Waals surface area contributed by atoms with E-state index in [1.807, 2.05) is 16.7 Å².